The molecule has 2 aromatic rings. The number of carbonyl (C=O) groups is 3. The summed E-state index contributed by atoms with van der Waals surface area (Å²) < 4.78 is 5.21. The first-order chi connectivity index (χ1) is 13.3. The van der Waals surface area contributed by atoms with Gasteiger partial charge in [0.05, 0.1) is 18.8 Å². The van der Waals surface area contributed by atoms with Crippen LogP contribution in [0.2, 0.25) is 0 Å². The number of carbonyl (C=O) groups excluding carboxylic acids is 3. The number of hydrazone groups is 1. The Kier molecular flexibility index (Phi) is 6.86. The molecule has 2 rings (SSSR count). The zero-order chi connectivity index (χ0) is 20.7. The number of carboxylic acid groups (broad SMARTS) is 1. The van der Waals surface area contributed by atoms with Crippen molar-refractivity contribution in [1.82, 2.24) is 5.43 Å². The Labute approximate surface area is 162 Å². The quantitative estimate of drug-likeness (QED) is 0.441. The smallest absolute Gasteiger partial charge is 0.329 e. The molecular formula is C20H20N3O5-. The van der Waals surface area contributed by atoms with Crippen molar-refractivity contribution in [3.63, 3.8) is 0 Å². The standard InChI is InChI=1S/C20H21N3O5/c1-4-28-17-9-8-14(10-15(17)20(26)27)11-21-23-19(25)18(24)22-16-7-5-6-12(2)13(16)3/h5-11H,4H2,1-3H3,(H,22,24)(H,23,25)(H,26,27)/p-1/b21-11-. The van der Waals surface area contributed by atoms with Gasteiger partial charge in [-0.05, 0) is 61.7 Å². The first kappa shape index (κ1) is 20.6. The molecule has 0 heterocycles. The highest BCUT2D eigenvalue weighted by Gasteiger charge is 2.14. The second kappa shape index (κ2) is 9.31. The van der Waals surface area contributed by atoms with Gasteiger partial charge in [0.25, 0.3) is 0 Å². The number of rotatable bonds is 6. The number of anilines is 1. The lowest BCUT2D eigenvalue weighted by Crippen LogP contribution is -2.32. The topological polar surface area (TPSA) is 120 Å². The maximum atomic E-state index is 12.0. The summed E-state index contributed by atoms with van der Waals surface area (Å²) >= 11 is 0. The molecule has 0 aromatic heterocycles. The maximum Gasteiger partial charge on any atom is 0.329 e. The van der Waals surface area contributed by atoms with Crippen LogP contribution in [-0.4, -0.2) is 30.6 Å². The van der Waals surface area contributed by atoms with E-state index in [1.807, 2.05) is 19.9 Å². The number of carboxylic acids is 1. The average molecular weight is 382 g/mol. The third-order valence-corrected chi connectivity index (χ3v) is 3.96. The monoisotopic (exact) mass is 382 g/mol. The first-order valence-electron chi connectivity index (χ1n) is 8.52. The van der Waals surface area contributed by atoms with E-state index in [1.165, 1.54) is 18.3 Å². The van der Waals surface area contributed by atoms with Crippen LogP contribution in [0.15, 0.2) is 41.5 Å². The van der Waals surface area contributed by atoms with Crippen LogP contribution in [-0.2, 0) is 9.59 Å². The van der Waals surface area contributed by atoms with Gasteiger partial charge in [-0.2, -0.15) is 5.10 Å². The largest absolute Gasteiger partial charge is 0.545 e. The molecule has 0 aliphatic carbocycles. The third kappa shape index (κ3) is 5.16. The Balaban J connectivity index is 2.02. The van der Waals surface area contributed by atoms with Gasteiger partial charge in [0.2, 0.25) is 0 Å². The summed E-state index contributed by atoms with van der Waals surface area (Å²) in [5, 5.41) is 17.4. The molecule has 0 aliphatic heterocycles. The van der Waals surface area contributed by atoms with Crippen LogP contribution in [0.4, 0.5) is 5.69 Å². The molecule has 146 valence electrons. The Morgan fingerprint density at radius 3 is 2.57 bits per heavy atom. The van der Waals surface area contributed by atoms with Crippen LogP contribution in [0, 0.1) is 13.8 Å². The normalized spacial score (nSPS) is 10.5. The van der Waals surface area contributed by atoms with Gasteiger partial charge in [0.15, 0.2) is 0 Å². The van der Waals surface area contributed by atoms with Gasteiger partial charge in [0.1, 0.15) is 5.75 Å². The fraction of sp³-hybridized carbons (Fsp3) is 0.200. The molecule has 2 amide bonds. The lowest BCUT2D eigenvalue weighted by Gasteiger charge is -2.11. The fourth-order valence-corrected chi connectivity index (χ4v) is 2.35. The molecular weight excluding hydrogens is 362 g/mol. The highest BCUT2D eigenvalue weighted by molar-refractivity contribution is 6.39. The molecule has 2 N–H and O–H groups in total. The highest BCUT2D eigenvalue weighted by atomic mass is 16.5. The van der Waals surface area contributed by atoms with Gasteiger partial charge < -0.3 is 20.0 Å². The second-order valence-corrected chi connectivity index (χ2v) is 5.88. The van der Waals surface area contributed by atoms with E-state index in [4.69, 9.17) is 4.74 Å². The number of hydrogen-bond donors (Lipinski definition) is 2. The SMILES string of the molecule is CCOc1ccc(/C=N\NC(=O)C(=O)Nc2cccc(C)c2C)cc1C(=O)[O-]. The van der Waals surface area contributed by atoms with E-state index in [1.54, 1.807) is 25.1 Å². The van der Waals surface area contributed by atoms with Crippen LogP contribution < -0.4 is 20.6 Å². The number of ether oxygens (including phenoxy) is 1. The molecule has 0 saturated heterocycles. The van der Waals surface area contributed by atoms with Gasteiger partial charge >= 0.3 is 11.8 Å². The highest BCUT2D eigenvalue weighted by Crippen LogP contribution is 2.19. The predicted molar refractivity (Wildman–Crippen MR) is 102 cm³/mol. The summed E-state index contributed by atoms with van der Waals surface area (Å²) in [5.41, 5.74) is 4.73. The Hall–Kier alpha value is -3.68. The van der Waals surface area contributed by atoms with Crippen molar-refractivity contribution >= 4 is 29.7 Å². The molecule has 8 nitrogen and oxygen atoms in total. The van der Waals surface area contributed by atoms with E-state index >= 15 is 0 Å². The molecule has 0 spiro atoms. The van der Waals surface area contributed by atoms with Crippen molar-refractivity contribution < 1.29 is 24.2 Å². The number of aryl methyl sites for hydroxylation is 1. The second-order valence-electron chi connectivity index (χ2n) is 5.88. The summed E-state index contributed by atoms with van der Waals surface area (Å²) in [6.07, 6.45) is 1.21. The Morgan fingerprint density at radius 2 is 1.89 bits per heavy atom. The first-order valence-corrected chi connectivity index (χ1v) is 8.52. The van der Waals surface area contributed by atoms with Crippen molar-refractivity contribution in [2.75, 3.05) is 11.9 Å². The number of benzene rings is 2. The number of nitrogens with one attached hydrogen (secondary N) is 2. The Bertz CT molecular complexity index is 937. The Morgan fingerprint density at radius 1 is 1.14 bits per heavy atom. The lowest BCUT2D eigenvalue weighted by atomic mass is 10.1. The average Bonchev–Trinajstić information content (AvgIpc) is 2.66. The number of amides is 2. The molecule has 0 fully saturated rings. The van der Waals surface area contributed by atoms with Crippen molar-refractivity contribution in [2.45, 2.75) is 20.8 Å². The van der Waals surface area contributed by atoms with Crippen LogP contribution in [0.1, 0.15) is 34.0 Å². The zero-order valence-corrected chi connectivity index (χ0v) is 15.7. The van der Waals surface area contributed by atoms with Gasteiger partial charge in [-0.15, -0.1) is 0 Å². The van der Waals surface area contributed by atoms with Crippen LogP contribution in [0.25, 0.3) is 0 Å². The molecule has 8 heteroatoms. The van der Waals surface area contributed by atoms with E-state index < -0.39 is 17.8 Å². The lowest BCUT2D eigenvalue weighted by molar-refractivity contribution is -0.255. The molecule has 0 unspecified atom stereocenters. The van der Waals surface area contributed by atoms with Crippen LogP contribution in [0.3, 0.4) is 0 Å². The van der Waals surface area contributed by atoms with Gasteiger partial charge in [-0.3, -0.25) is 9.59 Å². The summed E-state index contributed by atoms with van der Waals surface area (Å²) in [7, 11) is 0. The van der Waals surface area contributed by atoms with Gasteiger partial charge in [-0.25, -0.2) is 5.43 Å². The number of aromatic carboxylic acids is 1. The maximum absolute atomic E-state index is 12.0. The molecule has 0 radical (unpaired) electrons. The van der Waals surface area contributed by atoms with Gasteiger partial charge in [0, 0.05) is 11.3 Å². The molecule has 0 saturated carbocycles. The summed E-state index contributed by atoms with van der Waals surface area (Å²) in [6.45, 7) is 5.77. The molecule has 0 bridgehead atoms. The minimum Gasteiger partial charge on any atom is -0.545 e. The fourth-order valence-electron chi connectivity index (χ4n) is 2.35. The summed E-state index contributed by atoms with van der Waals surface area (Å²) in [4.78, 5) is 35.1. The third-order valence-electron chi connectivity index (χ3n) is 3.96. The van der Waals surface area contributed by atoms with Crippen molar-refractivity contribution in [3.8, 4) is 5.75 Å². The van der Waals surface area contributed by atoms with E-state index in [0.717, 1.165) is 11.1 Å². The minimum atomic E-state index is -1.39. The molecule has 0 atom stereocenters. The summed E-state index contributed by atoms with van der Waals surface area (Å²) in [6, 6.07) is 9.68. The van der Waals surface area contributed by atoms with Crippen LogP contribution in [0.5, 0.6) is 5.75 Å². The van der Waals surface area contributed by atoms with Crippen molar-refractivity contribution in [3.05, 3.63) is 58.7 Å². The van der Waals surface area contributed by atoms with Gasteiger partial charge in [-0.1, -0.05) is 12.1 Å². The van der Waals surface area contributed by atoms with E-state index in [-0.39, 0.29) is 11.3 Å². The molecule has 2 aromatic carbocycles. The zero-order valence-electron chi connectivity index (χ0n) is 15.7. The number of nitrogens with zero attached hydrogens (tertiary/aromatic N) is 1. The van der Waals surface area contributed by atoms with E-state index in [2.05, 4.69) is 15.8 Å². The van der Waals surface area contributed by atoms with Crippen LogP contribution >= 0.6 is 0 Å². The number of hydrogen-bond acceptors (Lipinski definition) is 6. The molecule has 28 heavy (non-hydrogen) atoms. The van der Waals surface area contributed by atoms with Crippen molar-refractivity contribution in [2.24, 2.45) is 5.10 Å². The van der Waals surface area contributed by atoms with Crippen molar-refractivity contribution in [1.29, 1.82) is 0 Å². The summed E-state index contributed by atoms with van der Waals surface area (Å²) in [5.74, 6) is -3.04. The van der Waals surface area contributed by atoms with E-state index in [9.17, 15) is 19.5 Å². The molecule has 0 aliphatic rings. The van der Waals surface area contributed by atoms with E-state index in [0.29, 0.717) is 17.9 Å². The minimum absolute atomic E-state index is 0.134. The predicted octanol–water partition coefficient (Wildman–Crippen LogP) is 1.15.